The van der Waals surface area contributed by atoms with Crippen LogP contribution >= 0.6 is 0 Å². The summed E-state index contributed by atoms with van der Waals surface area (Å²) < 4.78 is 17.5. The first-order chi connectivity index (χ1) is 21.1. The number of rotatable bonds is 23. The molecule has 0 amide bonds. The molecule has 3 rings (SSSR count). The zero-order chi connectivity index (χ0) is 30.5. The molecule has 1 saturated heterocycles. The molecule has 1 heterocycles. The highest BCUT2D eigenvalue weighted by Crippen LogP contribution is 2.25. The van der Waals surface area contributed by atoms with Gasteiger partial charge < -0.3 is 14.2 Å². The standard InChI is InChI=1S/C38H59NO4/c1-4-5-6-7-8-9-10-11-12-13-14-15-16-24-38(40)43-36-30-34(39(2)31-36)27-28-42-37-23-18-17-21-33(37)26-25-32-20-19-22-35(29-32)41-3/h17-23,29,34,36H,4-16,24-28,30-31H2,1-3H3. The van der Waals surface area contributed by atoms with E-state index in [9.17, 15) is 4.79 Å². The van der Waals surface area contributed by atoms with E-state index in [-0.39, 0.29) is 12.1 Å². The highest BCUT2D eigenvalue weighted by atomic mass is 16.5. The second kappa shape index (κ2) is 21.2. The Hall–Kier alpha value is -2.53. The number of esters is 1. The fourth-order valence-electron chi connectivity index (χ4n) is 6.25. The Labute approximate surface area is 262 Å². The molecule has 0 radical (unpaired) electrons. The molecule has 0 bridgehead atoms. The van der Waals surface area contributed by atoms with Crippen LogP contribution in [0, 0.1) is 0 Å². The lowest BCUT2D eigenvalue weighted by Crippen LogP contribution is -2.27. The van der Waals surface area contributed by atoms with Gasteiger partial charge >= 0.3 is 5.97 Å². The number of hydrogen-bond acceptors (Lipinski definition) is 5. The minimum Gasteiger partial charge on any atom is -0.497 e. The Kier molecular flexibility index (Phi) is 17.2. The Morgan fingerprint density at radius 2 is 1.51 bits per heavy atom. The van der Waals surface area contributed by atoms with Crippen molar-refractivity contribution in [1.82, 2.24) is 4.90 Å². The number of methoxy groups -OCH3 is 1. The van der Waals surface area contributed by atoms with E-state index in [4.69, 9.17) is 14.2 Å². The van der Waals surface area contributed by atoms with E-state index in [0.29, 0.717) is 19.1 Å². The van der Waals surface area contributed by atoms with Gasteiger partial charge in [-0.2, -0.15) is 0 Å². The largest absolute Gasteiger partial charge is 0.497 e. The molecule has 0 spiro atoms. The van der Waals surface area contributed by atoms with Crippen LogP contribution in [0.3, 0.4) is 0 Å². The summed E-state index contributed by atoms with van der Waals surface area (Å²) in [4.78, 5) is 14.8. The fourth-order valence-corrected chi connectivity index (χ4v) is 6.25. The van der Waals surface area contributed by atoms with Gasteiger partial charge in [0, 0.05) is 25.4 Å². The molecule has 5 heteroatoms. The molecule has 2 aromatic carbocycles. The van der Waals surface area contributed by atoms with Crippen LogP contribution in [0.2, 0.25) is 0 Å². The van der Waals surface area contributed by atoms with Crippen LogP contribution in [-0.2, 0) is 22.4 Å². The average Bonchev–Trinajstić information content (AvgIpc) is 3.37. The number of para-hydroxylation sites is 1. The third-order valence-electron chi connectivity index (χ3n) is 8.93. The van der Waals surface area contributed by atoms with Gasteiger partial charge in [0.25, 0.3) is 0 Å². The Balaban J connectivity index is 1.24. The first-order valence-corrected chi connectivity index (χ1v) is 17.3. The van der Waals surface area contributed by atoms with Crippen molar-refractivity contribution in [2.45, 2.75) is 135 Å². The highest BCUT2D eigenvalue weighted by molar-refractivity contribution is 5.69. The van der Waals surface area contributed by atoms with E-state index >= 15 is 0 Å². The lowest BCUT2D eigenvalue weighted by molar-refractivity contribution is -0.148. The van der Waals surface area contributed by atoms with Crippen LogP contribution in [-0.4, -0.2) is 50.3 Å². The third kappa shape index (κ3) is 14.2. The Morgan fingerprint density at radius 1 is 0.837 bits per heavy atom. The quantitative estimate of drug-likeness (QED) is 0.0949. The number of unbranched alkanes of at least 4 members (excludes halogenated alkanes) is 12. The van der Waals surface area contributed by atoms with Crippen molar-refractivity contribution in [1.29, 1.82) is 0 Å². The Morgan fingerprint density at radius 3 is 2.21 bits per heavy atom. The van der Waals surface area contributed by atoms with Gasteiger partial charge in [-0.1, -0.05) is 114 Å². The van der Waals surface area contributed by atoms with E-state index in [2.05, 4.69) is 49.2 Å². The summed E-state index contributed by atoms with van der Waals surface area (Å²) in [6, 6.07) is 17.0. The van der Waals surface area contributed by atoms with Gasteiger partial charge in [-0.3, -0.25) is 9.69 Å². The molecule has 5 nitrogen and oxygen atoms in total. The number of nitrogens with zero attached hydrogens (tertiary/aromatic N) is 1. The highest BCUT2D eigenvalue weighted by Gasteiger charge is 2.31. The number of likely N-dealkylation sites (tertiary alicyclic amines) is 1. The van der Waals surface area contributed by atoms with Crippen LogP contribution in [0.25, 0.3) is 0 Å². The third-order valence-corrected chi connectivity index (χ3v) is 8.93. The number of ether oxygens (including phenoxy) is 3. The zero-order valence-corrected chi connectivity index (χ0v) is 27.5. The first kappa shape index (κ1) is 35.0. The monoisotopic (exact) mass is 593 g/mol. The molecule has 2 aromatic rings. The van der Waals surface area contributed by atoms with E-state index in [0.717, 1.165) is 56.6 Å². The first-order valence-electron chi connectivity index (χ1n) is 17.3. The second-order valence-corrected chi connectivity index (χ2v) is 12.5. The molecular formula is C38H59NO4. The van der Waals surface area contributed by atoms with Crippen molar-refractivity contribution in [2.75, 3.05) is 27.3 Å². The van der Waals surface area contributed by atoms with Crippen molar-refractivity contribution >= 4 is 5.97 Å². The van der Waals surface area contributed by atoms with Gasteiger partial charge in [-0.05, 0) is 62.1 Å². The maximum atomic E-state index is 12.5. The Bertz CT molecular complexity index is 1020. The van der Waals surface area contributed by atoms with Gasteiger partial charge in [0.2, 0.25) is 0 Å². The lowest BCUT2D eigenvalue weighted by Gasteiger charge is -2.19. The van der Waals surface area contributed by atoms with Gasteiger partial charge in [0.1, 0.15) is 17.6 Å². The number of hydrogen-bond donors (Lipinski definition) is 0. The summed E-state index contributed by atoms with van der Waals surface area (Å²) in [5, 5.41) is 0. The molecular weight excluding hydrogens is 534 g/mol. The van der Waals surface area contributed by atoms with Crippen LogP contribution in [0.5, 0.6) is 11.5 Å². The van der Waals surface area contributed by atoms with Gasteiger partial charge in [0.05, 0.1) is 13.7 Å². The SMILES string of the molecule is CCCCCCCCCCCCCCCC(=O)OC1CC(CCOc2ccccc2CCc2cccc(OC)c2)N(C)C1. The molecule has 0 saturated carbocycles. The molecule has 1 fully saturated rings. The summed E-state index contributed by atoms with van der Waals surface area (Å²) in [5.41, 5.74) is 2.49. The summed E-state index contributed by atoms with van der Waals surface area (Å²) in [6.45, 7) is 3.75. The number of carbonyl (C=O) groups is 1. The molecule has 2 unspecified atom stereocenters. The number of carbonyl (C=O) groups excluding carboxylic acids is 1. The van der Waals surface area contributed by atoms with E-state index in [1.54, 1.807) is 7.11 Å². The van der Waals surface area contributed by atoms with Crippen molar-refractivity contribution in [3.63, 3.8) is 0 Å². The van der Waals surface area contributed by atoms with Crippen molar-refractivity contribution in [2.24, 2.45) is 0 Å². The van der Waals surface area contributed by atoms with Crippen LogP contribution in [0.1, 0.15) is 121 Å². The molecule has 1 aliphatic rings. The summed E-state index contributed by atoms with van der Waals surface area (Å²) in [5.74, 6) is 1.83. The van der Waals surface area contributed by atoms with Gasteiger partial charge in [-0.15, -0.1) is 0 Å². The molecule has 0 aliphatic carbocycles. The van der Waals surface area contributed by atoms with Crippen molar-refractivity contribution < 1.29 is 19.0 Å². The summed E-state index contributed by atoms with van der Waals surface area (Å²) >= 11 is 0. The number of benzene rings is 2. The molecule has 43 heavy (non-hydrogen) atoms. The minimum atomic E-state index is -0.0247. The topological polar surface area (TPSA) is 48.0 Å². The number of likely N-dealkylation sites (N-methyl/N-ethyl adjacent to an activating group) is 1. The molecule has 1 aliphatic heterocycles. The molecule has 0 aromatic heterocycles. The molecule has 2 atom stereocenters. The normalized spacial score (nSPS) is 16.8. The van der Waals surface area contributed by atoms with Gasteiger partial charge in [0.15, 0.2) is 0 Å². The predicted molar refractivity (Wildman–Crippen MR) is 178 cm³/mol. The van der Waals surface area contributed by atoms with E-state index < -0.39 is 0 Å². The van der Waals surface area contributed by atoms with Crippen molar-refractivity contribution in [3.05, 3.63) is 59.7 Å². The summed E-state index contributed by atoms with van der Waals surface area (Å²) in [6.07, 6.45) is 21.3. The van der Waals surface area contributed by atoms with E-state index in [1.165, 1.54) is 81.8 Å². The molecule has 240 valence electrons. The summed E-state index contributed by atoms with van der Waals surface area (Å²) in [7, 11) is 3.84. The molecule has 0 N–H and O–H groups in total. The van der Waals surface area contributed by atoms with Crippen LogP contribution in [0.4, 0.5) is 0 Å². The number of aryl methyl sites for hydroxylation is 2. The zero-order valence-electron chi connectivity index (χ0n) is 27.5. The van der Waals surface area contributed by atoms with Gasteiger partial charge in [-0.25, -0.2) is 0 Å². The smallest absolute Gasteiger partial charge is 0.306 e. The maximum absolute atomic E-state index is 12.5. The van der Waals surface area contributed by atoms with Crippen LogP contribution < -0.4 is 9.47 Å². The lowest BCUT2D eigenvalue weighted by atomic mass is 10.0. The maximum Gasteiger partial charge on any atom is 0.306 e. The van der Waals surface area contributed by atoms with Crippen molar-refractivity contribution in [3.8, 4) is 11.5 Å². The minimum absolute atomic E-state index is 0.000349. The average molecular weight is 594 g/mol. The fraction of sp³-hybridized carbons (Fsp3) is 0.658. The van der Waals surface area contributed by atoms with Crippen LogP contribution in [0.15, 0.2) is 48.5 Å². The second-order valence-electron chi connectivity index (χ2n) is 12.5. The van der Waals surface area contributed by atoms with E-state index in [1.807, 2.05) is 18.2 Å². The predicted octanol–water partition coefficient (Wildman–Crippen LogP) is 9.35.